The van der Waals surface area contributed by atoms with Crippen LogP contribution < -0.4 is 10.5 Å². The monoisotopic (exact) mass is 405 g/mol. The van der Waals surface area contributed by atoms with Crippen LogP contribution in [0.2, 0.25) is 0 Å². The maximum absolute atomic E-state index is 12.2. The smallest absolute Gasteiger partial charge is 0.266 e. The summed E-state index contributed by atoms with van der Waals surface area (Å²) in [6.07, 6.45) is 1.46. The van der Waals surface area contributed by atoms with Gasteiger partial charge in [-0.3, -0.25) is 4.79 Å². The fraction of sp³-hybridized carbons (Fsp3) is 0. The van der Waals surface area contributed by atoms with Gasteiger partial charge in [-0.1, -0.05) is 28.1 Å². The number of hydrogen-bond acceptors (Lipinski definition) is 4. The molecule has 0 saturated carbocycles. The van der Waals surface area contributed by atoms with Crippen LogP contribution in [0.1, 0.15) is 5.56 Å². The van der Waals surface area contributed by atoms with Crippen LogP contribution in [-0.4, -0.2) is 14.3 Å². The molecule has 0 aliphatic rings. The van der Waals surface area contributed by atoms with Crippen molar-refractivity contribution in [2.75, 3.05) is 5.32 Å². The van der Waals surface area contributed by atoms with Gasteiger partial charge in [0.15, 0.2) is 0 Å². The molecule has 0 unspecified atom stereocenters. The van der Waals surface area contributed by atoms with E-state index >= 15 is 0 Å². The van der Waals surface area contributed by atoms with Crippen LogP contribution >= 0.6 is 15.9 Å². The first-order chi connectivity index (χ1) is 11.3. The van der Waals surface area contributed by atoms with Crippen molar-refractivity contribution >= 4 is 43.6 Å². The summed E-state index contributed by atoms with van der Waals surface area (Å²) in [5.74, 6) is -0.596. The Morgan fingerprint density at radius 2 is 1.88 bits per heavy atom. The number of nitrogens with two attached hydrogens (primary N) is 1. The number of carbonyl (C=O) groups is 1. The topological polar surface area (TPSA) is 113 Å². The molecule has 0 atom stereocenters. The minimum Gasteiger partial charge on any atom is -0.321 e. The molecule has 2 rings (SSSR count). The Hall–Kier alpha value is -2.47. The average molecular weight is 406 g/mol. The SMILES string of the molecule is N#CC(=Cc1cccc(Br)c1)C(=O)Nc1ccc(S(N)(=O)=O)cc1. The summed E-state index contributed by atoms with van der Waals surface area (Å²) in [6.45, 7) is 0. The number of primary sulfonamides is 1. The number of halogens is 1. The van der Waals surface area contributed by atoms with E-state index in [4.69, 9.17) is 10.4 Å². The van der Waals surface area contributed by atoms with E-state index < -0.39 is 15.9 Å². The molecule has 3 N–H and O–H groups in total. The molecule has 6 nitrogen and oxygen atoms in total. The molecule has 0 bridgehead atoms. The van der Waals surface area contributed by atoms with Crippen LogP contribution in [0.15, 0.2) is 63.5 Å². The fourth-order valence-electron chi connectivity index (χ4n) is 1.84. The first kappa shape index (κ1) is 17.9. The highest BCUT2D eigenvalue weighted by molar-refractivity contribution is 9.10. The third kappa shape index (κ3) is 4.76. The molecule has 0 spiro atoms. The molecule has 0 radical (unpaired) electrons. The minimum absolute atomic E-state index is 0.0642. The first-order valence-corrected chi connectivity index (χ1v) is 8.95. The number of nitrogens with zero attached hydrogens (tertiary/aromatic N) is 1. The second-order valence-corrected chi connectivity index (χ2v) is 7.23. The summed E-state index contributed by atoms with van der Waals surface area (Å²) in [7, 11) is -3.79. The van der Waals surface area contributed by atoms with Crippen LogP contribution in [0.3, 0.4) is 0 Å². The minimum atomic E-state index is -3.79. The zero-order valence-electron chi connectivity index (χ0n) is 12.2. The van der Waals surface area contributed by atoms with Gasteiger partial charge in [0, 0.05) is 10.2 Å². The predicted octanol–water partition coefficient (Wildman–Crippen LogP) is 2.64. The third-order valence-electron chi connectivity index (χ3n) is 2.97. The largest absolute Gasteiger partial charge is 0.321 e. The van der Waals surface area contributed by atoms with E-state index in [1.165, 1.54) is 30.3 Å². The average Bonchev–Trinajstić information content (AvgIpc) is 2.52. The summed E-state index contributed by atoms with van der Waals surface area (Å²) in [5, 5.41) is 16.7. The van der Waals surface area contributed by atoms with Crippen molar-refractivity contribution in [2.45, 2.75) is 4.90 Å². The van der Waals surface area contributed by atoms with Gasteiger partial charge >= 0.3 is 0 Å². The summed E-state index contributed by atoms with van der Waals surface area (Å²) in [6, 6.07) is 14.3. The van der Waals surface area contributed by atoms with E-state index in [0.29, 0.717) is 11.3 Å². The lowest BCUT2D eigenvalue weighted by molar-refractivity contribution is -0.112. The van der Waals surface area contributed by atoms with E-state index in [2.05, 4.69) is 21.2 Å². The van der Waals surface area contributed by atoms with Crippen molar-refractivity contribution in [1.82, 2.24) is 0 Å². The van der Waals surface area contributed by atoms with Crippen molar-refractivity contribution in [2.24, 2.45) is 5.14 Å². The van der Waals surface area contributed by atoms with Crippen LogP contribution in [0, 0.1) is 11.3 Å². The van der Waals surface area contributed by atoms with Gasteiger partial charge in [0.1, 0.15) is 11.6 Å². The van der Waals surface area contributed by atoms with Crippen molar-refractivity contribution in [1.29, 1.82) is 5.26 Å². The first-order valence-electron chi connectivity index (χ1n) is 6.61. The number of anilines is 1. The molecule has 24 heavy (non-hydrogen) atoms. The van der Waals surface area contributed by atoms with Gasteiger partial charge in [-0.15, -0.1) is 0 Å². The predicted molar refractivity (Wildman–Crippen MR) is 94.2 cm³/mol. The van der Waals surface area contributed by atoms with Gasteiger partial charge in [0.25, 0.3) is 5.91 Å². The molecule has 0 aliphatic heterocycles. The van der Waals surface area contributed by atoms with Gasteiger partial charge in [-0.25, -0.2) is 13.6 Å². The Labute approximate surface area is 147 Å². The van der Waals surface area contributed by atoms with E-state index in [9.17, 15) is 13.2 Å². The second kappa shape index (κ2) is 7.40. The molecule has 0 aliphatic carbocycles. The summed E-state index contributed by atoms with van der Waals surface area (Å²) < 4.78 is 23.2. The second-order valence-electron chi connectivity index (χ2n) is 4.75. The van der Waals surface area contributed by atoms with Gasteiger partial charge in [0.2, 0.25) is 10.0 Å². The van der Waals surface area contributed by atoms with Crippen molar-refractivity contribution < 1.29 is 13.2 Å². The number of nitrogens with one attached hydrogen (secondary N) is 1. The Bertz CT molecular complexity index is 945. The third-order valence-corrected chi connectivity index (χ3v) is 4.39. The van der Waals surface area contributed by atoms with Crippen LogP contribution in [0.4, 0.5) is 5.69 Å². The highest BCUT2D eigenvalue weighted by atomic mass is 79.9. The van der Waals surface area contributed by atoms with E-state index in [1.54, 1.807) is 18.2 Å². The summed E-state index contributed by atoms with van der Waals surface area (Å²) in [4.78, 5) is 12.1. The standard InChI is InChI=1S/C16H12BrN3O3S/c17-13-3-1-2-11(9-13)8-12(10-18)16(21)20-14-4-6-15(7-5-14)24(19,22)23/h1-9H,(H,20,21)(H2,19,22,23). The van der Waals surface area contributed by atoms with Crippen LogP contribution in [-0.2, 0) is 14.8 Å². The fourth-order valence-corrected chi connectivity index (χ4v) is 2.77. The molecular formula is C16H12BrN3O3S. The molecule has 1 amide bonds. The van der Waals surface area contributed by atoms with E-state index in [-0.39, 0.29) is 10.5 Å². The number of nitriles is 1. The number of amides is 1. The highest BCUT2D eigenvalue weighted by Gasteiger charge is 2.11. The molecule has 8 heteroatoms. The van der Waals surface area contributed by atoms with Crippen LogP contribution in [0.25, 0.3) is 6.08 Å². The summed E-state index contributed by atoms with van der Waals surface area (Å²) in [5.41, 5.74) is 0.965. The molecule has 2 aromatic rings. The number of hydrogen-bond donors (Lipinski definition) is 2. The lowest BCUT2D eigenvalue weighted by Crippen LogP contribution is -2.14. The molecule has 0 aromatic heterocycles. The lowest BCUT2D eigenvalue weighted by Gasteiger charge is -2.05. The molecule has 0 heterocycles. The number of sulfonamides is 1. The number of benzene rings is 2. The highest BCUT2D eigenvalue weighted by Crippen LogP contribution is 2.16. The lowest BCUT2D eigenvalue weighted by atomic mass is 10.1. The maximum atomic E-state index is 12.2. The van der Waals surface area contributed by atoms with Crippen molar-refractivity contribution in [3.8, 4) is 6.07 Å². The molecule has 0 fully saturated rings. The quantitative estimate of drug-likeness (QED) is 0.600. The normalized spacial score (nSPS) is 11.6. The van der Waals surface area contributed by atoms with Crippen LogP contribution in [0.5, 0.6) is 0 Å². The van der Waals surface area contributed by atoms with E-state index in [1.807, 2.05) is 12.1 Å². The Morgan fingerprint density at radius 1 is 1.21 bits per heavy atom. The molecule has 2 aromatic carbocycles. The van der Waals surface area contributed by atoms with Gasteiger partial charge in [-0.05, 0) is 48.0 Å². The number of rotatable bonds is 4. The molecule has 122 valence electrons. The Morgan fingerprint density at radius 3 is 2.42 bits per heavy atom. The Kier molecular flexibility index (Phi) is 5.51. The summed E-state index contributed by atoms with van der Waals surface area (Å²) >= 11 is 3.32. The molecular weight excluding hydrogens is 394 g/mol. The number of carbonyl (C=O) groups excluding carboxylic acids is 1. The zero-order chi connectivity index (χ0) is 17.7. The zero-order valence-corrected chi connectivity index (χ0v) is 14.6. The van der Waals surface area contributed by atoms with Gasteiger partial charge in [0.05, 0.1) is 4.90 Å². The van der Waals surface area contributed by atoms with Gasteiger partial charge in [-0.2, -0.15) is 5.26 Å². The van der Waals surface area contributed by atoms with Gasteiger partial charge < -0.3 is 5.32 Å². The van der Waals surface area contributed by atoms with Crippen molar-refractivity contribution in [3.63, 3.8) is 0 Å². The molecule has 0 saturated heterocycles. The van der Waals surface area contributed by atoms with E-state index in [0.717, 1.165) is 4.47 Å². The Balaban J connectivity index is 2.20. The maximum Gasteiger partial charge on any atom is 0.266 e. The van der Waals surface area contributed by atoms with Crippen molar-refractivity contribution in [3.05, 3.63) is 64.1 Å².